The van der Waals surface area contributed by atoms with Gasteiger partial charge in [0.15, 0.2) is 0 Å². The van der Waals surface area contributed by atoms with E-state index in [-0.39, 0.29) is 18.0 Å². The van der Waals surface area contributed by atoms with Gasteiger partial charge in [-0.1, -0.05) is 6.07 Å². The van der Waals surface area contributed by atoms with E-state index in [1.807, 2.05) is 18.2 Å². The van der Waals surface area contributed by atoms with Crippen molar-refractivity contribution in [1.82, 2.24) is 14.3 Å². The lowest BCUT2D eigenvalue weighted by molar-refractivity contribution is 0.253. The molecular weight excluding hydrogens is 288 g/mol. The van der Waals surface area contributed by atoms with Crippen LogP contribution in [0.5, 0.6) is 0 Å². The van der Waals surface area contributed by atoms with Gasteiger partial charge >= 0.3 is 0 Å². The fraction of sp³-hybridized carbons (Fsp3) is 0.467. The van der Waals surface area contributed by atoms with Crippen LogP contribution in [0.3, 0.4) is 0 Å². The summed E-state index contributed by atoms with van der Waals surface area (Å²) >= 11 is 0. The summed E-state index contributed by atoms with van der Waals surface area (Å²) in [6.45, 7) is 4.66. The highest BCUT2D eigenvalue weighted by molar-refractivity contribution is 5.85. The Balaban J connectivity index is 0.00000161. The van der Waals surface area contributed by atoms with E-state index in [4.69, 9.17) is 5.73 Å². The van der Waals surface area contributed by atoms with E-state index >= 15 is 0 Å². The second kappa shape index (κ2) is 6.56. The zero-order valence-electron chi connectivity index (χ0n) is 12.1. The maximum atomic E-state index is 12.1. The molecule has 2 atom stereocenters. The average molecular weight is 309 g/mol. The Hall–Kier alpha value is -1.43. The van der Waals surface area contributed by atoms with Crippen molar-refractivity contribution in [2.24, 2.45) is 11.7 Å². The highest BCUT2D eigenvalue weighted by Gasteiger charge is 2.28. The summed E-state index contributed by atoms with van der Waals surface area (Å²) in [5.41, 5.74) is 7.28. The number of nitrogens with zero attached hydrogens (tertiary/aromatic N) is 3. The minimum absolute atomic E-state index is 0. The number of fused-ring (bicyclic) bond motifs is 1. The second-order valence-electron chi connectivity index (χ2n) is 5.63. The molecule has 0 radical (unpaired) electrons. The summed E-state index contributed by atoms with van der Waals surface area (Å²) in [6, 6.07) is 7.73. The summed E-state index contributed by atoms with van der Waals surface area (Å²) in [5, 5.41) is 0. The van der Waals surface area contributed by atoms with Gasteiger partial charge in [0.05, 0.1) is 5.69 Å². The van der Waals surface area contributed by atoms with Crippen LogP contribution in [0.1, 0.15) is 19.0 Å². The fourth-order valence-corrected chi connectivity index (χ4v) is 3.00. The molecule has 0 spiro atoms. The molecule has 1 aliphatic rings. The molecule has 1 saturated heterocycles. The van der Waals surface area contributed by atoms with E-state index in [1.165, 1.54) is 0 Å². The number of aromatic nitrogens is 2. The zero-order valence-corrected chi connectivity index (χ0v) is 12.9. The third-order valence-electron chi connectivity index (χ3n) is 4.11. The molecule has 2 aromatic heterocycles. The molecule has 0 aliphatic carbocycles. The number of rotatable bonds is 3. The van der Waals surface area contributed by atoms with E-state index in [1.54, 1.807) is 16.7 Å². The van der Waals surface area contributed by atoms with Gasteiger partial charge in [-0.25, -0.2) is 4.98 Å². The van der Waals surface area contributed by atoms with Crippen LogP contribution in [-0.2, 0) is 6.54 Å². The molecule has 114 valence electrons. The second-order valence-corrected chi connectivity index (χ2v) is 5.63. The van der Waals surface area contributed by atoms with E-state index in [2.05, 4.69) is 16.8 Å². The van der Waals surface area contributed by atoms with Gasteiger partial charge in [0.1, 0.15) is 5.65 Å². The van der Waals surface area contributed by atoms with Crippen LogP contribution in [0.15, 0.2) is 35.3 Å². The van der Waals surface area contributed by atoms with Gasteiger partial charge in [0.2, 0.25) is 0 Å². The molecule has 2 unspecified atom stereocenters. The number of hydrogen-bond donors (Lipinski definition) is 1. The lowest BCUT2D eigenvalue weighted by Gasteiger charge is -2.20. The zero-order chi connectivity index (χ0) is 14.1. The molecule has 0 amide bonds. The third-order valence-corrected chi connectivity index (χ3v) is 4.11. The van der Waals surface area contributed by atoms with Gasteiger partial charge in [-0.2, -0.15) is 0 Å². The Morgan fingerprint density at radius 2 is 2.24 bits per heavy atom. The van der Waals surface area contributed by atoms with Crippen LogP contribution in [0.25, 0.3) is 5.65 Å². The Morgan fingerprint density at radius 1 is 1.43 bits per heavy atom. The smallest absolute Gasteiger partial charge is 0.258 e. The van der Waals surface area contributed by atoms with Gasteiger partial charge in [-0.05, 0) is 37.9 Å². The molecule has 21 heavy (non-hydrogen) atoms. The largest absolute Gasteiger partial charge is 0.330 e. The number of hydrogen-bond acceptors (Lipinski definition) is 4. The van der Waals surface area contributed by atoms with Gasteiger partial charge < -0.3 is 5.73 Å². The minimum Gasteiger partial charge on any atom is -0.330 e. The van der Waals surface area contributed by atoms with Crippen molar-refractivity contribution in [3.8, 4) is 0 Å². The molecule has 1 aliphatic heterocycles. The first-order chi connectivity index (χ1) is 9.67. The van der Waals surface area contributed by atoms with Gasteiger partial charge in [-0.15, -0.1) is 12.4 Å². The SMILES string of the molecule is CC1CC(CN)CN1Cc1cc(=O)n2ccccc2n1.Cl. The highest BCUT2D eigenvalue weighted by Crippen LogP contribution is 2.23. The molecule has 5 nitrogen and oxygen atoms in total. The number of halogens is 1. The van der Waals surface area contributed by atoms with Gasteiger partial charge in [0.25, 0.3) is 5.56 Å². The minimum atomic E-state index is -0.0205. The normalized spacial score (nSPS) is 22.4. The van der Waals surface area contributed by atoms with Crippen molar-refractivity contribution in [1.29, 1.82) is 0 Å². The standard InChI is InChI=1S/C15H20N4O.ClH/c1-11-6-12(8-16)9-18(11)10-13-7-15(20)19-5-3-2-4-14(19)17-13;/h2-5,7,11-12H,6,8-10,16H2,1H3;1H. The van der Waals surface area contributed by atoms with Gasteiger partial charge in [0, 0.05) is 31.4 Å². The van der Waals surface area contributed by atoms with E-state index in [9.17, 15) is 4.79 Å². The number of likely N-dealkylation sites (tertiary alicyclic amines) is 1. The molecule has 1 fully saturated rings. The maximum Gasteiger partial charge on any atom is 0.258 e. The first kappa shape index (κ1) is 15.9. The quantitative estimate of drug-likeness (QED) is 0.928. The van der Waals surface area contributed by atoms with E-state index in [0.717, 1.165) is 31.7 Å². The molecule has 2 N–H and O–H groups in total. The Morgan fingerprint density at radius 3 is 2.95 bits per heavy atom. The van der Waals surface area contributed by atoms with Crippen LogP contribution in [0.2, 0.25) is 0 Å². The maximum absolute atomic E-state index is 12.1. The van der Waals surface area contributed by atoms with Crippen LogP contribution in [0.4, 0.5) is 0 Å². The summed E-state index contributed by atoms with van der Waals surface area (Å²) in [5.74, 6) is 0.562. The van der Waals surface area contributed by atoms with Crippen molar-refractivity contribution in [2.45, 2.75) is 25.9 Å². The van der Waals surface area contributed by atoms with E-state index < -0.39 is 0 Å². The first-order valence-corrected chi connectivity index (χ1v) is 7.09. The van der Waals surface area contributed by atoms with Crippen molar-refractivity contribution < 1.29 is 0 Å². The first-order valence-electron chi connectivity index (χ1n) is 7.09. The molecule has 0 bridgehead atoms. The number of nitrogens with two attached hydrogens (primary N) is 1. The predicted molar refractivity (Wildman–Crippen MR) is 85.7 cm³/mol. The summed E-state index contributed by atoms with van der Waals surface area (Å²) in [6.07, 6.45) is 2.88. The van der Waals surface area contributed by atoms with Crippen molar-refractivity contribution in [3.05, 3.63) is 46.5 Å². The molecule has 0 aromatic carbocycles. The average Bonchev–Trinajstić information content (AvgIpc) is 2.79. The van der Waals surface area contributed by atoms with E-state index in [0.29, 0.717) is 17.6 Å². The molecule has 2 aromatic rings. The Bertz CT molecular complexity index is 672. The van der Waals surface area contributed by atoms with Gasteiger partial charge in [-0.3, -0.25) is 14.1 Å². The molecule has 0 saturated carbocycles. The molecule has 3 heterocycles. The van der Waals surface area contributed by atoms with Crippen molar-refractivity contribution in [2.75, 3.05) is 13.1 Å². The lowest BCUT2D eigenvalue weighted by Crippen LogP contribution is -2.29. The van der Waals surface area contributed by atoms with Crippen molar-refractivity contribution >= 4 is 18.1 Å². The van der Waals surface area contributed by atoms with Crippen LogP contribution in [-0.4, -0.2) is 33.4 Å². The van der Waals surface area contributed by atoms with Crippen LogP contribution < -0.4 is 11.3 Å². The summed E-state index contributed by atoms with van der Waals surface area (Å²) in [7, 11) is 0. The van der Waals surface area contributed by atoms with Crippen LogP contribution >= 0.6 is 12.4 Å². The molecule has 6 heteroatoms. The lowest BCUT2D eigenvalue weighted by atomic mass is 10.1. The number of pyridine rings is 1. The van der Waals surface area contributed by atoms with Crippen molar-refractivity contribution in [3.63, 3.8) is 0 Å². The predicted octanol–water partition coefficient (Wildman–Crippen LogP) is 1.29. The Labute approximate surface area is 130 Å². The highest BCUT2D eigenvalue weighted by atomic mass is 35.5. The molecular formula is C15H21ClN4O. The molecule has 3 rings (SSSR count). The topological polar surface area (TPSA) is 63.6 Å². The monoisotopic (exact) mass is 308 g/mol. The van der Waals surface area contributed by atoms with Crippen LogP contribution in [0, 0.1) is 5.92 Å². The summed E-state index contributed by atoms with van der Waals surface area (Å²) < 4.78 is 1.57. The fourth-order valence-electron chi connectivity index (χ4n) is 3.00. The summed E-state index contributed by atoms with van der Waals surface area (Å²) in [4.78, 5) is 19.0. The third kappa shape index (κ3) is 3.26. The Kier molecular flexibility index (Phi) is 4.98.